The zero-order chi connectivity index (χ0) is 11.4. The first kappa shape index (κ1) is 11.0. The molecular formula is C12H11NO2S. The van der Waals surface area contributed by atoms with Crippen molar-refractivity contribution in [2.24, 2.45) is 0 Å². The summed E-state index contributed by atoms with van der Waals surface area (Å²) < 4.78 is 5.04. The van der Waals surface area contributed by atoms with Gasteiger partial charge in [-0.3, -0.25) is 4.79 Å². The second kappa shape index (κ2) is 5.01. The number of aldehydes is 1. The molecule has 0 aliphatic rings. The van der Waals surface area contributed by atoms with E-state index in [0.717, 1.165) is 22.4 Å². The Morgan fingerprint density at radius 2 is 2.12 bits per heavy atom. The van der Waals surface area contributed by atoms with Gasteiger partial charge in [-0.1, -0.05) is 24.3 Å². The van der Waals surface area contributed by atoms with Gasteiger partial charge < -0.3 is 4.74 Å². The van der Waals surface area contributed by atoms with Crippen LogP contribution in [0.5, 0.6) is 0 Å². The topological polar surface area (TPSA) is 39.2 Å². The maximum Gasteiger partial charge on any atom is 0.161 e. The Morgan fingerprint density at radius 3 is 2.69 bits per heavy atom. The number of hydrogen-bond acceptors (Lipinski definition) is 4. The monoisotopic (exact) mass is 233 g/mol. The third-order valence-electron chi connectivity index (χ3n) is 2.15. The zero-order valence-electron chi connectivity index (χ0n) is 8.84. The number of ether oxygens (including phenoxy) is 1. The van der Waals surface area contributed by atoms with E-state index in [1.165, 1.54) is 11.3 Å². The molecule has 0 amide bonds. The van der Waals surface area contributed by atoms with E-state index >= 15 is 0 Å². The number of rotatable bonds is 4. The zero-order valence-corrected chi connectivity index (χ0v) is 9.66. The highest BCUT2D eigenvalue weighted by molar-refractivity contribution is 7.16. The molecule has 0 fully saturated rings. The van der Waals surface area contributed by atoms with Crippen LogP contribution in [0.1, 0.15) is 15.2 Å². The molecule has 0 saturated carbocycles. The van der Waals surface area contributed by atoms with Crippen molar-refractivity contribution < 1.29 is 9.53 Å². The summed E-state index contributed by atoms with van der Waals surface area (Å²) in [5.41, 5.74) is 2.15. The molecule has 0 atom stereocenters. The minimum absolute atomic E-state index is 0.609. The summed E-state index contributed by atoms with van der Waals surface area (Å²) in [6.07, 6.45) is 2.41. The van der Waals surface area contributed by atoms with Crippen LogP contribution in [0.25, 0.3) is 10.6 Å². The lowest BCUT2D eigenvalue weighted by atomic mass is 10.1. The first-order valence-electron chi connectivity index (χ1n) is 4.82. The molecule has 0 bridgehead atoms. The van der Waals surface area contributed by atoms with Crippen molar-refractivity contribution >= 4 is 17.6 Å². The Morgan fingerprint density at radius 1 is 1.38 bits per heavy atom. The van der Waals surface area contributed by atoms with Gasteiger partial charge in [-0.15, -0.1) is 11.3 Å². The van der Waals surface area contributed by atoms with Gasteiger partial charge in [0.1, 0.15) is 5.01 Å². The molecule has 0 aliphatic carbocycles. The van der Waals surface area contributed by atoms with Gasteiger partial charge in [-0.25, -0.2) is 4.98 Å². The number of hydrogen-bond donors (Lipinski definition) is 0. The van der Waals surface area contributed by atoms with Crippen LogP contribution in [-0.2, 0) is 11.3 Å². The first-order chi connectivity index (χ1) is 7.83. The van der Waals surface area contributed by atoms with Gasteiger partial charge in [-0.05, 0) is 5.56 Å². The average molecular weight is 233 g/mol. The molecule has 16 heavy (non-hydrogen) atoms. The van der Waals surface area contributed by atoms with Crippen LogP contribution in [-0.4, -0.2) is 18.4 Å². The summed E-state index contributed by atoms with van der Waals surface area (Å²) in [6, 6.07) is 7.98. The molecule has 4 heteroatoms. The second-order valence-corrected chi connectivity index (χ2v) is 4.38. The van der Waals surface area contributed by atoms with Crippen LogP contribution in [0.2, 0.25) is 0 Å². The van der Waals surface area contributed by atoms with Crippen molar-refractivity contribution in [2.75, 3.05) is 7.11 Å². The maximum absolute atomic E-state index is 10.5. The van der Waals surface area contributed by atoms with Crippen LogP contribution in [0.3, 0.4) is 0 Å². The van der Waals surface area contributed by atoms with E-state index in [1.807, 2.05) is 24.3 Å². The molecule has 0 N–H and O–H groups in total. The molecule has 1 aromatic heterocycles. The Labute approximate surface area is 97.7 Å². The number of nitrogens with zero attached hydrogens (tertiary/aromatic N) is 1. The standard InChI is InChI=1S/C12H11NO2S/c1-15-8-9-2-4-10(5-3-9)12-13-6-11(7-14)16-12/h2-7H,8H2,1H3. The highest BCUT2D eigenvalue weighted by atomic mass is 32.1. The number of carbonyl (C=O) groups is 1. The molecule has 1 aromatic carbocycles. The van der Waals surface area contributed by atoms with Gasteiger partial charge in [0.15, 0.2) is 6.29 Å². The molecule has 82 valence electrons. The predicted octanol–water partition coefficient (Wildman–Crippen LogP) is 2.77. The Hall–Kier alpha value is -1.52. The normalized spacial score (nSPS) is 10.3. The van der Waals surface area contributed by atoms with Gasteiger partial charge in [-0.2, -0.15) is 0 Å². The summed E-state index contributed by atoms with van der Waals surface area (Å²) in [5.74, 6) is 0. The van der Waals surface area contributed by atoms with E-state index in [0.29, 0.717) is 11.5 Å². The van der Waals surface area contributed by atoms with E-state index in [-0.39, 0.29) is 0 Å². The smallest absolute Gasteiger partial charge is 0.161 e. The number of methoxy groups -OCH3 is 1. The fourth-order valence-electron chi connectivity index (χ4n) is 1.38. The molecule has 1 heterocycles. The van der Waals surface area contributed by atoms with E-state index in [2.05, 4.69) is 4.98 Å². The van der Waals surface area contributed by atoms with Crippen molar-refractivity contribution in [1.82, 2.24) is 4.98 Å². The van der Waals surface area contributed by atoms with E-state index in [4.69, 9.17) is 4.74 Å². The molecule has 0 spiro atoms. The summed E-state index contributed by atoms with van der Waals surface area (Å²) in [7, 11) is 1.67. The van der Waals surface area contributed by atoms with E-state index < -0.39 is 0 Å². The van der Waals surface area contributed by atoms with E-state index in [1.54, 1.807) is 13.3 Å². The van der Waals surface area contributed by atoms with Crippen LogP contribution < -0.4 is 0 Å². The third-order valence-corrected chi connectivity index (χ3v) is 3.12. The molecule has 0 unspecified atom stereocenters. The Kier molecular flexibility index (Phi) is 3.44. The highest BCUT2D eigenvalue weighted by Crippen LogP contribution is 2.24. The van der Waals surface area contributed by atoms with Gasteiger partial charge in [0.2, 0.25) is 0 Å². The molecule has 2 aromatic rings. The minimum atomic E-state index is 0.609. The van der Waals surface area contributed by atoms with Crippen molar-refractivity contribution in [2.45, 2.75) is 6.61 Å². The molecule has 2 rings (SSSR count). The first-order valence-corrected chi connectivity index (χ1v) is 5.64. The summed E-state index contributed by atoms with van der Waals surface area (Å²) in [5, 5.41) is 0.867. The van der Waals surface area contributed by atoms with Crippen molar-refractivity contribution in [3.05, 3.63) is 40.9 Å². The Balaban J connectivity index is 2.23. The third kappa shape index (κ3) is 2.35. The quantitative estimate of drug-likeness (QED) is 0.762. The van der Waals surface area contributed by atoms with Gasteiger partial charge in [0.05, 0.1) is 11.5 Å². The van der Waals surface area contributed by atoms with Crippen LogP contribution in [0.4, 0.5) is 0 Å². The summed E-state index contributed by atoms with van der Waals surface area (Å²) in [4.78, 5) is 15.4. The van der Waals surface area contributed by atoms with E-state index in [9.17, 15) is 4.79 Å². The molecule has 0 saturated heterocycles. The molecule has 0 aliphatic heterocycles. The minimum Gasteiger partial charge on any atom is -0.380 e. The predicted molar refractivity (Wildman–Crippen MR) is 63.7 cm³/mol. The van der Waals surface area contributed by atoms with Crippen LogP contribution >= 0.6 is 11.3 Å². The van der Waals surface area contributed by atoms with Crippen LogP contribution in [0.15, 0.2) is 30.5 Å². The van der Waals surface area contributed by atoms with Crippen LogP contribution in [0, 0.1) is 0 Å². The number of benzene rings is 1. The largest absolute Gasteiger partial charge is 0.380 e. The Bertz CT molecular complexity index is 476. The SMILES string of the molecule is COCc1ccc(-c2ncc(C=O)s2)cc1. The number of carbonyl (C=O) groups excluding carboxylic acids is 1. The van der Waals surface area contributed by atoms with Gasteiger partial charge in [0.25, 0.3) is 0 Å². The lowest BCUT2D eigenvalue weighted by Gasteiger charge is -2.00. The van der Waals surface area contributed by atoms with Crippen molar-refractivity contribution in [3.8, 4) is 10.6 Å². The van der Waals surface area contributed by atoms with Crippen molar-refractivity contribution in [3.63, 3.8) is 0 Å². The fourth-order valence-corrected chi connectivity index (χ4v) is 2.12. The lowest BCUT2D eigenvalue weighted by Crippen LogP contribution is -1.86. The maximum atomic E-state index is 10.5. The number of thiazole rings is 1. The van der Waals surface area contributed by atoms with Gasteiger partial charge >= 0.3 is 0 Å². The molecule has 3 nitrogen and oxygen atoms in total. The highest BCUT2D eigenvalue weighted by Gasteiger charge is 2.03. The van der Waals surface area contributed by atoms with Gasteiger partial charge in [0, 0.05) is 18.9 Å². The summed E-state index contributed by atoms with van der Waals surface area (Å²) in [6.45, 7) is 0.609. The molecule has 0 radical (unpaired) electrons. The molecular weight excluding hydrogens is 222 g/mol. The summed E-state index contributed by atoms with van der Waals surface area (Å²) >= 11 is 1.39. The number of aromatic nitrogens is 1. The average Bonchev–Trinajstić information content (AvgIpc) is 2.79. The van der Waals surface area contributed by atoms with Crippen molar-refractivity contribution in [1.29, 1.82) is 0 Å². The second-order valence-electron chi connectivity index (χ2n) is 3.32. The fraction of sp³-hybridized carbons (Fsp3) is 0.167. The lowest BCUT2D eigenvalue weighted by molar-refractivity contribution is 0.112.